The molecule has 2 fully saturated rings. The van der Waals surface area contributed by atoms with Gasteiger partial charge in [-0.25, -0.2) is 9.78 Å². The van der Waals surface area contributed by atoms with Crippen LogP contribution in [0.1, 0.15) is 0 Å². The Balaban J connectivity index is 1.41. The third-order valence-corrected chi connectivity index (χ3v) is 5.81. The van der Waals surface area contributed by atoms with Crippen LogP contribution in [0, 0.1) is 0 Å². The van der Waals surface area contributed by atoms with Crippen molar-refractivity contribution in [3.05, 3.63) is 12.1 Å². The molecule has 0 spiro atoms. The van der Waals surface area contributed by atoms with Gasteiger partial charge in [0.05, 0.1) is 33.5 Å². The van der Waals surface area contributed by atoms with Crippen LogP contribution < -0.4 is 19.7 Å². The topological polar surface area (TPSA) is 76.2 Å². The zero-order valence-corrected chi connectivity index (χ0v) is 15.7. The Kier molecular flexibility index (Phi) is 4.73. The van der Waals surface area contributed by atoms with Crippen LogP contribution in [0.2, 0.25) is 0 Å². The Bertz CT molecular complexity index is 758. The average Bonchev–Trinajstić information content (AvgIpc) is 3.08. The number of hydrogen-bond donors (Lipinski definition) is 1. The van der Waals surface area contributed by atoms with E-state index in [0.717, 1.165) is 39.9 Å². The maximum absolute atomic E-state index is 12.2. The summed E-state index contributed by atoms with van der Waals surface area (Å²) in [7, 11) is 3.29. The van der Waals surface area contributed by atoms with E-state index in [0.29, 0.717) is 26.3 Å². The molecule has 4 rings (SSSR count). The van der Waals surface area contributed by atoms with Gasteiger partial charge in [-0.15, -0.1) is 0 Å². The van der Waals surface area contributed by atoms with Crippen LogP contribution in [0.4, 0.5) is 9.93 Å². The Labute approximate surface area is 155 Å². The molecule has 2 aliphatic rings. The smallest absolute Gasteiger partial charge is 0.317 e. The molecule has 2 aromatic rings. The molecule has 1 aromatic carbocycles. The number of urea groups is 1. The van der Waals surface area contributed by atoms with Gasteiger partial charge in [0.1, 0.15) is 21.7 Å². The second-order valence-electron chi connectivity index (χ2n) is 6.30. The summed E-state index contributed by atoms with van der Waals surface area (Å²) >= 11 is 1.58. The highest BCUT2D eigenvalue weighted by Gasteiger charge is 2.32. The number of nitrogens with one attached hydrogen (secondary N) is 1. The maximum Gasteiger partial charge on any atom is 0.317 e. The molecule has 0 radical (unpaired) electrons. The van der Waals surface area contributed by atoms with Crippen molar-refractivity contribution in [3.8, 4) is 11.5 Å². The standard InChI is InChI=1S/C17H22N4O4S/c1-23-12-3-4-13(24-2)15-14(12)19-17(26-15)21-9-11(10-21)18-16(22)20-5-7-25-8-6-20/h3-4,11H,5-10H2,1-2H3,(H,18,22). The lowest BCUT2D eigenvalue weighted by atomic mass is 10.1. The van der Waals surface area contributed by atoms with Crippen molar-refractivity contribution in [1.29, 1.82) is 0 Å². The second-order valence-corrected chi connectivity index (χ2v) is 7.27. The number of morpholine rings is 1. The molecule has 0 unspecified atom stereocenters. The van der Waals surface area contributed by atoms with Crippen molar-refractivity contribution in [1.82, 2.24) is 15.2 Å². The monoisotopic (exact) mass is 378 g/mol. The lowest BCUT2D eigenvalue weighted by Crippen LogP contribution is -2.62. The van der Waals surface area contributed by atoms with E-state index in [4.69, 9.17) is 19.2 Å². The third kappa shape index (κ3) is 3.12. The summed E-state index contributed by atoms with van der Waals surface area (Å²) in [5.74, 6) is 1.53. The lowest BCUT2D eigenvalue weighted by Gasteiger charge is -2.40. The first kappa shape index (κ1) is 17.2. The van der Waals surface area contributed by atoms with Gasteiger partial charge >= 0.3 is 6.03 Å². The number of rotatable bonds is 4. The number of ether oxygens (including phenoxy) is 3. The zero-order valence-electron chi connectivity index (χ0n) is 14.9. The van der Waals surface area contributed by atoms with Crippen molar-refractivity contribution >= 4 is 32.7 Å². The highest BCUT2D eigenvalue weighted by Crippen LogP contribution is 2.40. The fourth-order valence-electron chi connectivity index (χ4n) is 3.17. The highest BCUT2D eigenvalue weighted by atomic mass is 32.1. The van der Waals surface area contributed by atoms with E-state index in [1.807, 2.05) is 12.1 Å². The number of aromatic nitrogens is 1. The summed E-state index contributed by atoms with van der Waals surface area (Å²) in [4.78, 5) is 20.9. The van der Waals surface area contributed by atoms with Crippen molar-refractivity contribution in [2.45, 2.75) is 6.04 Å². The predicted octanol–water partition coefficient (Wildman–Crippen LogP) is 1.54. The molecule has 3 heterocycles. The first-order valence-electron chi connectivity index (χ1n) is 8.59. The van der Waals surface area contributed by atoms with E-state index in [1.54, 1.807) is 30.5 Å². The number of amides is 2. The number of fused-ring (bicyclic) bond motifs is 1. The van der Waals surface area contributed by atoms with Crippen LogP contribution >= 0.6 is 11.3 Å². The minimum Gasteiger partial charge on any atom is -0.495 e. The van der Waals surface area contributed by atoms with Crippen molar-refractivity contribution in [3.63, 3.8) is 0 Å². The molecule has 2 aliphatic heterocycles. The Hall–Kier alpha value is -2.26. The zero-order chi connectivity index (χ0) is 18.1. The van der Waals surface area contributed by atoms with Crippen LogP contribution in [-0.4, -0.2) is 75.6 Å². The molecule has 9 heteroatoms. The van der Waals surface area contributed by atoms with Gasteiger partial charge in [-0.3, -0.25) is 0 Å². The summed E-state index contributed by atoms with van der Waals surface area (Å²) in [6, 6.07) is 3.89. The van der Waals surface area contributed by atoms with Gasteiger partial charge in [0, 0.05) is 26.2 Å². The number of hydrogen-bond acceptors (Lipinski definition) is 7. The molecular weight excluding hydrogens is 356 g/mol. The minimum absolute atomic E-state index is 0.00871. The fraction of sp³-hybridized carbons (Fsp3) is 0.529. The summed E-state index contributed by atoms with van der Waals surface area (Å²) < 4.78 is 17.1. The third-order valence-electron chi connectivity index (χ3n) is 4.68. The van der Waals surface area contributed by atoms with Gasteiger partial charge in [0.15, 0.2) is 5.13 Å². The first-order valence-corrected chi connectivity index (χ1v) is 9.41. The number of anilines is 1. The Morgan fingerprint density at radius 1 is 1.23 bits per heavy atom. The van der Waals surface area contributed by atoms with Crippen LogP contribution in [-0.2, 0) is 4.74 Å². The summed E-state index contributed by atoms with van der Waals surface area (Å²) in [6.45, 7) is 4.03. The van der Waals surface area contributed by atoms with E-state index in [1.165, 1.54) is 0 Å². The summed E-state index contributed by atoms with van der Waals surface area (Å²) in [5.41, 5.74) is 0.813. The molecule has 0 aliphatic carbocycles. The van der Waals surface area contributed by atoms with E-state index < -0.39 is 0 Å². The van der Waals surface area contributed by atoms with Gasteiger partial charge in [0.2, 0.25) is 0 Å². The number of methoxy groups -OCH3 is 2. The largest absolute Gasteiger partial charge is 0.495 e. The Morgan fingerprint density at radius 3 is 2.62 bits per heavy atom. The molecule has 1 N–H and O–H groups in total. The SMILES string of the molecule is COc1ccc(OC)c2sc(N3CC(NC(=O)N4CCOCC4)C3)nc12. The van der Waals surface area contributed by atoms with E-state index in [9.17, 15) is 4.79 Å². The molecule has 0 atom stereocenters. The van der Waals surface area contributed by atoms with Gasteiger partial charge in [-0.2, -0.15) is 0 Å². The van der Waals surface area contributed by atoms with Gasteiger partial charge in [-0.05, 0) is 12.1 Å². The summed E-state index contributed by atoms with van der Waals surface area (Å²) in [5, 5.41) is 4.00. The van der Waals surface area contributed by atoms with Crippen molar-refractivity contribution < 1.29 is 19.0 Å². The van der Waals surface area contributed by atoms with Crippen molar-refractivity contribution in [2.75, 3.05) is 58.5 Å². The van der Waals surface area contributed by atoms with Gasteiger partial charge in [0.25, 0.3) is 0 Å². The number of benzene rings is 1. The molecule has 2 saturated heterocycles. The van der Waals surface area contributed by atoms with Crippen molar-refractivity contribution in [2.24, 2.45) is 0 Å². The van der Waals surface area contributed by atoms with Crippen LogP contribution in [0.5, 0.6) is 11.5 Å². The summed E-state index contributed by atoms with van der Waals surface area (Å²) in [6.07, 6.45) is 0. The molecule has 1 aromatic heterocycles. The van der Waals surface area contributed by atoms with Crippen LogP contribution in [0.3, 0.4) is 0 Å². The first-order chi connectivity index (χ1) is 12.7. The number of thiazole rings is 1. The Morgan fingerprint density at radius 2 is 1.92 bits per heavy atom. The van der Waals surface area contributed by atoms with Crippen LogP contribution in [0.15, 0.2) is 12.1 Å². The molecule has 0 bridgehead atoms. The van der Waals surface area contributed by atoms with E-state index in [2.05, 4.69) is 10.2 Å². The lowest BCUT2D eigenvalue weighted by molar-refractivity contribution is 0.0522. The molecule has 0 saturated carbocycles. The predicted molar refractivity (Wildman–Crippen MR) is 99.6 cm³/mol. The molecular formula is C17H22N4O4S. The minimum atomic E-state index is -0.00871. The highest BCUT2D eigenvalue weighted by molar-refractivity contribution is 7.22. The maximum atomic E-state index is 12.2. The second kappa shape index (κ2) is 7.16. The number of carbonyl (C=O) groups is 1. The van der Waals surface area contributed by atoms with Gasteiger partial charge in [-0.1, -0.05) is 11.3 Å². The molecule has 26 heavy (non-hydrogen) atoms. The van der Waals surface area contributed by atoms with Gasteiger partial charge < -0.3 is 29.3 Å². The number of nitrogens with zero attached hydrogens (tertiary/aromatic N) is 3. The van der Waals surface area contributed by atoms with Crippen LogP contribution in [0.25, 0.3) is 10.2 Å². The van der Waals surface area contributed by atoms with E-state index in [-0.39, 0.29) is 12.1 Å². The average molecular weight is 378 g/mol. The number of carbonyl (C=O) groups excluding carboxylic acids is 1. The molecule has 140 valence electrons. The molecule has 2 amide bonds. The van der Waals surface area contributed by atoms with E-state index >= 15 is 0 Å². The fourth-order valence-corrected chi connectivity index (χ4v) is 4.26. The normalized spacial score (nSPS) is 17.9. The quantitative estimate of drug-likeness (QED) is 0.870. The molecule has 8 nitrogen and oxygen atoms in total.